The van der Waals surface area contributed by atoms with Crippen LogP contribution in [0.3, 0.4) is 0 Å². The molecule has 1 amide bonds. The smallest absolute Gasteiger partial charge is 0.257 e. The van der Waals surface area contributed by atoms with Crippen LogP contribution < -0.4 is 20.1 Å². The van der Waals surface area contributed by atoms with Crippen molar-refractivity contribution in [3.8, 4) is 11.5 Å². The Bertz CT molecular complexity index is 965. The summed E-state index contributed by atoms with van der Waals surface area (Å²) >= 11 is 11.1. The van der Waals surface area contributed by atoms with Gasteiger partial charge >= 0.3 is 0 Å². The molecule has 0 aromatic heterocycles. The molecule has 0 saturated heterocycles. The number of thiocarbonyl (C=S) groups is 1. The van der Waals surface area contributed by atoms with E-state index in [1.165, 1.54) is 0 Å². The second-order valence-electron chi connectivity index (χ2n) is 5.95. The van der Waals surface area contributed by atoms with E-state index >= 15 is 0 Å². The third kappa shape index (κ3) is 6.78. The van der Waals surface area contributed by atoms with E-state index in [1.54, 1.807) is 24.3 Å². The molecule has 0 bridgehead atoms. The van der Waals surface area contributed by atoms with Gasteiger partial charge in [-0.15, -0.1) is 0 Å². The Kier molecular flexibility index (Phi) is 7.44. The zero-order valence-corrected chi connectivity index (χ0v) is 17.0. The zero-order chi connectivity index (χ0) is 20.5. The average molecular weight is 427 g/mol. The van der Waals surface area contributed by atoms with E-state index in [9.17, 15) is 4.79 Å². The summed E-state index contributed by atoms with van der Waals surface area (Å²) in [6, 6.07) is 23.5. The molecule has 0 fully saturated rings. The molecule has 0 unspecified atom stereocenters. The molecule has 148 valence electrons. The molecule has 0 radical (unpaired) electrons. The first kappa shape index (κ1) is 20.6. The number of para-hydroxylation sites is 1. The summed E-state index contributed by atoms with van der Waals surface area (Å²) in [5, 5.41) is 6.26. The van der Waals surface area contributed by atoms with Gasteiger partial charge < -0.3 is 14.8 Å². The molecule has 7 heteroatoms. The minimum absolute atomic E-state index is 0.194. The van der Waals surface area contributed by atoms with Crippen molar-refractivity contribution in [3.05, 3.63) is 89.4 Å². The molecule has 0 aliphatic rings. The van der Waals surface area contributed by atoms with Crippen LogP contribution in [0, 0.1) is 0 Å². The lowest BCUT2D eigenvalue weighted by molar-refractivity contribution is 0.0977. The number of hydrogen-bond acceptors (Lipinski definition) is 4. The van der Waals surface area contributed by atoms with Crippen molar-refractivity contribution in [2.24, 2.45) is 0 Å². The van der Waals surface area contributed by atoms with Crippen LogP contribution in [-0.2, 0) is 0 Å². The summed E-state index contributed by atoms with van der Waals surface area (Å²) in [4.78, 5) is 12.2. The third-order valence-corrected chi connectivity index (χ3v) is 4.23. The van der Waals surface area contributed by atoms with Crippen molar-refractivity contribution < 1.29 is 14.3 Å². The van der Waals surface area contributed by atoms with Crippen LogP contribution in [0.2, 0.25) is 5.02 Å². The summed E-state index contributed by atoms with van der Waals surface area (Å²) in [5.41, 5.74) is 1.16. The monoisotopic (exact) mass is 426 g/mol. The van der Waals surface area contributed by atoms with Gasteiger partial charge in [-0.1, -0.05) is 35.9 Å². The molecule has 3 aromatic carbocycles. The first-order chi connectivity index (χ1) is 14.1. The Labute approximate surface area is 179 Å². The normalized spacial score (nSPS) is 10.1. The summed E-state index contributed by atoms with van der Waals surface area (Å²) in [6.45, 7) is 0.874. The molecule has 0 saturated carbocycles. The molecule has 0 spiro atoms. The van der Waals surface area contributed by atoms with Gasteiger partial charge in [-0.25, -0.2) is 0 Å². The maximum Gasteiger partial charge on any atom is 0.257 e. The van der Waals surface area contributed by atoms with Crippen molar-refractivity contribution in [2.45, 2.75) is 0 Å². The first-order valence-corrected chi connectivity index (χ1v) is 9.67. The molecule has 3 aromatic rings. The second kappa shape index (κ2) is 10.5. The fraction of sp³-hybridized carbons (Fsp3) is 0.0909. The van der Waals surface area contributed by atoms with Crippen molar-refractivity contribution in [3.63, 3.8) is 0 Å². The average Bonchev–Trinajstić information content (AvgIpc) is 2.73. The zero-order valence-electron chi connectivity index (χ0n) is 15.4. The molecule has 0 heterocycles. The fourth-order valence-corrected chi connectivity index (χ4v) is 2.84. The van der Waals surface area contributed by atoms with Gasteiger partial charge in [0.25, 0.3) is 5.91 Å². The summed E-state index contributed by atoms with van der Waals surface area (Å²) < 4.78 is 11.2. The number of ether oxygens (including phenoxy) is 2. The Morgan fingerprint density at radius 1 is 0.862 bits per heavy atom. The van der Waals surface area contributed by atoms with Crippen molar-refractivity contribution in [1.82, 2.24) is 5.32 Å². The molecule has 29 heavy (non-hydrogen) atoms. The highest BCUT2D eigenvalue weighted by molar-refractivity contribution is 7.80. The maximum absolute atomic E-state index is 12.2. The Morgan fingerprint density at radius 3 is 2.17 bits per heavy atom. The fourth-order valence-electron chi connectivity index (χ4n) is 2.44. The van der Waals surface area contributed by atoms with Crippen LogP contribution in [0.25, 0.3) is 0 Å². The highest BCUT2D eigenvalue weighted by atomic mass is 35.5. The van der Waals surface area contributed by atoms with E-state index in [0.717, 1.165) is 11.4 Å². The second-order valence-corrected chi connectivity index (χ2v) is 6.80. The van der Waals surface area contributed by atoms with E-state index in [1.807, 2.05) is 54.6 Å². The standard InChI is InChI=1S/C22H19ClN2O3S/c23-17-6-4-5-16(15-17)21(26)25-22(29)24-18-9-11-20(12-10-18)28-14-13-27-19-7-2-1-3-8-19/h1-12,15H,13-14H2,(H2,24,25,26,29). The number of hydrogen-bond donors (Lipinski definition) is 2. The van der Waals surface area contributed by atoms with Gasteiger partial charge in [-0.3, -0.25) is 10.1 Å². The quantitative estimate of drug-likeness (QED) is 0.414. The first-order valence-electron chi connectivity index (χ1n) is 8.89. The number of anilines is 1. The van der Waals surface area contributed by atoms with E-state index in [0.29, 0.717) is 29.5 Å². The minimum Gasteiger partial charge on any atom is -0.490 e. The Balaban J connectivity index is 1.42. The van der Waals surface area contributed by atoms with Crippen molar-refractivity contribution >= 4 is 40.5 Å². The predicted molar refractivity (Wildman–Crippen MR) is 119 cm³/mol. The largest absolute Gasteiger partial charge is 0.490 e. The molecular formula is C22H19ClN2O3S. The summed E-state index contributed by atoms with van der Waals surface area (Å²) in [7, 11) is 0. The highest BCUT2D eigenvalue weighted by Crippen LogP contribution is 2.16. The molecule has 3 rings (SSSR count). The van der Waals surface area contributed by atoms with Gasteiger partial charge in [0.2, 0.25) is 0 Å². The number of amides is 1. The molecule has 2 N–H and O–H groups in total. The van der Waals surface area contributed by atoms with Crippen LogP contribution in [-0.4, -0.2) is 24.2 Å². The van der Waals surface area contributed by atoms with Gasteiger partial charge in [0.1, 0.15) is 24.7 Å². The molecule has 0 aliphatic heterocycles. The summed E-state index contributed by atoms with van der Waals surface area (Å²) in [5.74, 6) is 1.19. The lowest BCUT2D eigenvalue weighted by atomic mass is 10.2. The van der Waals surface area contributed by atoms with Crippen molar-refractivity contribution in [1.29, 1.82) is 0 Å². The van der Waals surface area contributed by atoms with Crippen molar-refractivity contribution in [2.75, 3.05) is 18.5 Å². The van der Waals surface area contributed by atoms with Crippen LogP contribution in [0.1, 0.15) is 10.4 Å². The van der Waals surface area contributed by atoms with E-state index < -0.39 is 0 Å². The van der Waals surface area contributed by atoms with Gasteiger partial charge in [0.05, 0.1) is 0 Å². The maximum atomic E-state index is 12.2. The van der Waals surface area contributed by atoms with Crippen LogP contribution in [0.4, 0.5) is 5.69 Å². The van der Waals surface area contributed by atoms with E-state index in [2.05, 4.69) is 10.6 Å². The van der Waals surface area contributed by atoms with Gasteiger partial charge in [-0.05, 0) is 66.8 Å². The summed E-state index contributed by atoms with van der Waals surface area (Å²) in [6.07, 6.45) is 0. The SMILES string of the molecule is O=C(NC(=S)Nc1ccc(OCCOc2ccccc2)cc1)c1cccc(Cl)c1. The molecular weight excluding hydrogens is 408 g/mol. The topological polar surface area (TPSA) is 59.6 Å². The minimum atomic E-state index is -0.330. The Hall–Kier alpha value is -3.09. The van der Waals surface area contributed by atoms with Gasteiger partial charge in [0.15, 0.2) is 5.11 Å². The van der Waals surface area contributed by atoms with Crippen LogP contribution >= 0.6 is 23.8 Å². The molecule has 5 nitrogen and oxygen atoms in total. The number of carbonyl (C=O) groups is 1. The van der Waals surface area contributed by atoms with E-state index in [-0.39, 0.29) is 11.0 Å². The van der Waals surface area contributed by atoms with Gasteiger partial charge in [0, 0.05) is 16.3 Å². The number of nitrogens with one attached hydrogen (secondary N) is 2. The molecule has 0 aliphatic carbocycles. The molecule has 0 atom stereocenters. The predicted octanol–water partition coefficient (Wildman–Crippen LogP) is 4.92. The number of rotatable bonds is 7. The number of carbonyl (C=O) groups excluding carboxylic acids is 1. The van der Waals surface area contributed by atoms with Crippen LogP contribution in [0.15, 0.2) is 78.9 Å². The highest BCUT2D eigenvalue weighted by Gasteiger charge is 2.08. The van der Waals surface area contributed by atoms with Crippen LogP contribution in [0.5, 0.6) is 11.5 Å². The lowest BCUT2D eigenvalue weighted by Crippen LogP contribution is -2.34. The number of halogens is 1. The Morgan fingerprint density at radius 2 is 1.52 bits per heavy atom. The lowest BCUT2D eigenvalue weighted by Gasteiger charge is -2.11. The third-order valence-electron chi connectivity index (χ3n) is 3.79. The van der Waals surface area contributed by atoms with Gasteiger partial charge in [-0.2, -0.15) is 0 Å². The number of benzene rings is 3. The van der Waals surface area contributed by atoms with E-state index in [4.69, 9.17) is 33.3 Å².